The van der Waals surface area contributed by atoms with E-state index in [1.807, 2.05) is 18.2 Å². The Bertz CT molecular complexity index is 569. The molecule has 6 nitrogen and oxygen atoms in total. The second-order valence-electron chi connectivity index (χ2n) is 5.79. The summed E-state index contributed by atoms with van der Waals surface area (Å²) in [5, 5.41) is 15.0. The normalized spacial score (nSPS) is 22.4. The molecular weight excluding hydrogens is 266 g/mol. The molecule has 0 saturated carbocycles. The molecule has 2 aromatic rings. The van der Waals surface area contributed by atoms with E-state index in [1.165, 1.54) is 0 Å². The smallest absolute Gasteiger partial charge is 0.143 e. The third-order valence-corrected chi connectivity index (χ3v) is 3.92. The third-order valence-electron chi connectivity index (χ3n) is 3.92. The number of rotatable bonds is 4. The standard InChI is InChI=1S/C15H21N5O/c1-11(2)15-9-12(7-8-21-15)17-13-5-3-4-6-14(13)20-10-16-18-19-20/h3-6,10-12,15,17H,7-9H2,1-2H3. The number of aromatic nitrogens is 4. The molecule has 2 unspecified atom stereocenters. The first-order chi connectivity index (χ1) is 10.2. The summed E-state index contributed by atoms with van der Waals surface area (Å²) in [5.41, 5.74) is 2.02. The number of nitrogens with one attached hydrogen (secondary N) is 1. The molecule has 112 valence electrons. The van der Waals surface area contributed by atoms with Crippen molar-refractivity contribution in [3.8, 4) is 5.69 Å². The average molecular weight is 287 g/mol. The van der Waals surface area contributed by atoms with E-state index in [2.05, 4.69) is 40.8 Å². The van der Waals surface area contributed by atoms with Crippen molar-refractivity contribution < 1.29 is 4.74 Å². The Morgan fingerprint density at radius 1 is 1.33 bits per heavy atom. The van der Waals surface area contributed by atoms with Gasteiger partial charge in [0, 0.05) is 12.6 Å². The summed E-state index contributed by atoms with van der Waals surface area (Å²) >= 11 is 0. The van der Waals surface area contributed by atoms with Crippen molar-refractivity contribution in [2.24, 2.45) is 5.92 Å². The molecule has 1 aliphatic heterocycles. The molecule has 1 saturated heterocycles. The van der Waals surface area contributed by atoms with Crippen molar-refractivity contribution in [3.05, 3.63) is 30.6 Å². The molecule has 6 heteroatoms. The fourth-order valence-electron chi connectivity index (χ4n) is 2.71. The molecule has 2 heterocycles. The molecule has 1 fully saturated rings. The zero-order valence-corrected chi connectivity index (χ0v) is 12.4. The lowest BCUT2D eigenvalue weighted by Gasteiger charge is -2.33. The summed E-state index contributed by atoms with van der Waals surface area (Å²) in [6.07, 6.45) is 3.99. The van der Waals surface area contributed by atoms with Crippen LogP contribution in [-0.4, -0.2) is 39.0 Å². The minimum atomic E-state index is 0.330. The molecule has 0 radical (unpaired) electrons. The first kappa shape index (κ1) is 14.0. The number of hydrogen-bond acceptors (Lipinski definition) is 5. The third kappa shape index (κ3) is 3.21. The maximum Gasteiger partial charge on any atom is 0.143 e. The highest BCUT2D eigenvalue weighted by Crippen LogP contribution is 2.25. The van der Waals surface area contributed by atoms with Crippen molar-refractivity contribution in [2.75, 3.05) is 11.9 Å². The van der Waals surface area contributed by atoms with Gasteiger partial charge in [-0.1, -0.05) is 26.0 Å². The zero-order chi connectivity index (χ0) is 14.7. The van der Waals surface area contributed by atoms with E-state index in [1.54, 1.807) is 11.0 Å². The predicted octanol–water partition coefficient (Wildman–Crippen LogP) is 2.28. The summed E-state index contributed by atoms with van der Waals surface area (Å²) in [4.78, 5) is 0. The lowest BCUT2D eigenvalue weighted by molar-refractivity contribution is -0.0160. The number of para-hydroxylation sites is 2. The van der Waals surface area contributed by atoms with E-state index in [0.29, 0.717) is 18.1 Å². The Hall–Kier alpha value is -1.95. The molecule has 21 heavy (non-hydrogen) atoms. The van der Waals surface area contributed by atoms with Gasteiger partial charge in [-0.15, -0.1) is 5.10 Å². The largest absolute Gasteiger partial charge is 0.380 e. The first-order valence-corrected chi connectivity index (χ1v) is 7.44. The average Bonchev–Trinajstić information content (AvgIpc) is 3.02. The van der Waals surface area contributed by atoms with Crippen molar-refractivity contribution in [2.45, 2.75) is 38.8 Å². The Balaban J connectivity index is 1.76. The molecule has 0 aliphatic carbocycles. The molecule has 0 amide bonds. The van der Waals surface area contributed by atoms with Gasteiger partial charge in [-0.3, -0.25) is 0 Å². The van der Waals surface area contributed by atoms with Gasteiger partial charge in [-0.2, -0.15) is 4.68 Å². The Labute approximate surface area is 124 Å². The van der Waals surface area contributed by atoms with Gasteiger partial charge in [0.25, 0.3) is 0 Å². The maximum atomic E-state index is 5.83. The quantitative estimate of drug-likeness (QED) is 0.934. The van der Waals surface area contributed by atoms with E-state index >= 15 is 0 Å². The van der Waals surface area contributed by atoms with Crippen LogP contribution in [0.2, 0.25) is 0 Å². The molecule has 1 aliphatic rings. The van der Waals surface area contributed by atoms with Crippen LogP contribution < -0.4 is 5.32 Å². The van der Waals surface area contributed by atoms with Gasteiger partial charge >= 0.3 is 0 Å². The number of anilines is 1. The zero-order valence-electron chi connectivity index (χ0n) is 12.4. The van der Waals surface area contributed by atoms with Gasteiger partial charge in [0.05, 0.1) is 17.5 Å². The van der Waals surface area contributed by atoms with E-state index in [9.17, 15) is 0 Å². The van der Waals surface area contributed by atoms with Crippen LogP contribution in [0, 0.1) is 5.92 Å². The molecule has 1 aromatic heterocycles. The van der Waals surface area contributed by atoms with Crippen molar-refractivity contribution in [3.63, 3.8) is 0 Å². The summed E-state index contributed by atoms with van der Waals surface area (Å²) < 4.78 is 7.51. The number of ether oxygens (including phenoxy) is 1. The minimum absolute atomic E-state index is 0.330. The number of hydrogen-bond donors (Lipinski definition) is 1. The van der Waals surface area contributed by atoms with Gasteiger partial charge in [0.1, 0.15) is 6.33 Å². The fraction of sp³-hybridized carbons (Fsp3) is 0.533. The van der Waals surface area contributed by atoms with Crippen LogP contribution in [-0.2, 0) is 4.74 Å². The van der Waals surface area contributed by atoms with Crippen molar-refractivity contribution >= 4 is 5.69 Å². The molecule has 0 spiro atoms. The maximum absolute atomic E-state index is 5.83. The molecule has 3 rings (SSSR count). The van der Waals surface area contributed by atoms with Crippen LogP contribution in [0.25, 0.3) is 5.69 Å². The minimum Gasteiger partial charge on any atom is -0.380 e. The lowest BCUT2D eigenvalue weighted by atomic mass is 9.95. The van der Waals surface area contributed by atoms with Crippen LogP contribution in [0.3, 0.4) is 0 Å². The first-order valence-electron chi connectivity index (χ1n) is 7.44. The predicted molar refractivity (Wildman–Crippen MR) is 80.4 cm³/mol. The van der Waals surface area contributed by atoms with E-state index in [0.717, 1.165) is 30.8 Å². The van der Waals surface area contributed by atoms with Gasteiger partial charge in [0.15, 0.2) is 0 Å². The van der Waals surface area contributed by atoms with Crippen molar-refractivity contribution in [1.82, 2.24) is 20.2 Å². The summed E-state index contributed by atoms with van der Waals surface area (Å²) in [6.45, 7) is 5.23. The van der Waals surface area contributed by atoms with Crippen molar-refractivity contribution in [1.29, 1.82) is 0 Å². The highest BCUT2D eigenvalue weighted by atomic mass is 16.5. The van der Waals surface area contributed by atoms with Crippen LogP contribution in [0.4, 0.5) is 5.69 Å². The topological polar surface area (TPSA) is 64.9 Å². The van der Waals surface area contributed by atoms with Crippen LogP contribution >= 0.6 is 0 Å². The van der Waals surface area contributed by atoms with Crippen LogP contribution in [0.15, 0.2) is 30.6 Å². The SMILES string of the molecule is CC(C)C1CC(Nc2ccccc2-n2cnnn2)CCO1. The molecular formula is C15H21N5O. The molecule has 1 N–H and O–H groups in total. The highest BCUT2D eigenvalue weighted by molar-refractivity contribution is 5.60. The Morgan fingerprint density at radius 2 is 2.19 bits per heavy atom. The lowest BCUT2D eigenvalue weighted by Crippen LogP contribution is -2.36. The van der Waals surface area contributed by atoms with Gasteiger partial charge in [0.2, 0.25) is 0 Å². The van der Waals surface area contributed by atoms with Crippen LogP contribution in [0.5, 0.6) is 0 Å². The van der Waals surface area contributed by atoms with Gasteiger partial charge in [-0.25, -0.2) is 0 Å². The molecule has 0 bridgehead atoms. The number of tetrazole rings is 1. The molecule has 2 atom stereocenters. The fourth-order valence-corrected chi connectivity index (χ4v) is 2.71. The summed E-state index contributed by atoms with van der Waals surface area (Å²) in [7, 11) is 0. The summed E-state index contributed by atoms with van der Waals surface area (Å²) in [5.74, 6) is 0.546. The van der Waals surface area contributed by atoms with E-state index < -0.39 is 0 Å². The Morgan fingerprint density at radius 3 is 2.95 bits per heavy atom. The monoisotopic (exact) mass is 287 g/mol. The number of nitrogens with zero attached hydrogens (tertiary/aromatic N) is 4. The number of benzene rings is 1. The van der Waals surface area contributed by atoms with E-state index in [4.69, 9.17) is 4.74 Å². The van der Waals surface area contributed by atoms with E-state index in [-0.39, 0.29) is 0 Å². The Kier molecular flexibility index (Phi) is 4.15. The van der Waals surface area contributed by atoms with Gasteiger partial charge in [-0.05, 0) is 41.3 Å². The summed E-state index contributed by atoms with van der Waals surface area (Å²) in [6, 6.07) is 8.51. The van der Waals surface area contributed by atoms with Crippen LogP contribution in [0.1, 0.15) is 26.7 Å². The second kappa shape index (κ2) is 6.22. The highest BCUT2D eigenvalue weighted by Gasteiger charge is 2.25. The molecule has 1 aromatic carbocycles. The second-order valence-corrected chi connectivity index (χ2v) is 5.79. The van der Waals surface area contributed by atoms with Gasteiger partial charge < -0.3 is 10.1 Å².